The molecule has 4 nitrogen and oxygen atoms in total. The lowest BCUT2D eigenvalue weighted by molar-refractivity contribution is -0.128. The van der Waals surface area contributed by atoms with Gasteiger partial charge >= 0.3 is 6.47 Å². The minimum Gasteiger partial charge on any atom is -0.340 e. The molecule has 0 amide bonds. The number of halogens is 1. The van der Waals surface area contributed by atoms with Gasteiger partial charge < -0.3 is 4.84 Å². The molecule has 0 spiro atoms. The predicted octanol–water partition coefficient (Wildman–Crippen LogP) is 2.84. The number of benzene rings is 1. The Hall–Kier alpha value is -2.43. The highest BCUT2D eigenvalue weighted by molar-refractivity contribution is 6.06. The highest BCUT2D eigenvalue weighted by Gasteiger charge is 2.16. The van der Waals surface area contributed by atoms with Gasteiger partial charge in [0.2, 0.25) is 0 Å². The summed E-state index contributed by atoms with van der Waals surface area (Å²) in [6.45, 7) is 5.87. The molecule has 1 aromatic carbocycles. The molecule has 2 heterocycles. The average molecular weight is 272 g/mol. The van der Waals surface area contributed by atoms with Crippen molar-refractivity contribution in [2.24, 2.45) is 0 Å². The molecular weight excluding hydrogens is 259 g/mol. The van der Waals surface area contributed by atoms with Crippen LogP contribution in [-0.4, -0.2) is 16.2 Å². The minimum absolute atomic E-state index is 0.295. The quantitative estimate of drug-likeness (QED) is 0.674. The Bertz CT molecular complexity index is 852. The van der Waals surface area contributed by atoms with Crippen LogP contribution in [0.2, 0.25) is 0 Å². The Labute approximate surface area is 114 Å². The molecule has 20 heavy (non-hydrogen) atoms. The second-order valence-electron chi connectivity index (χ2n) is 4.88. The van der Waals surface area contributed by atoms with Crippen LogP contribution in [0.15, 0.2) is 18.2 Å². The van der Waals surface area contributed by atoms with E-state index in [0.717, 1.165) is 17.0 Å². The summed E-state index contributed by atoms with van der Waals surface area (Å²) in [5.74, 6) is -0.373. The molecule has 2 aromatic heterocycles. The van der Waals surface area contributed by atoms with Crippen LogP contribution in [0.5, 0.6) is 0 Å². The van der Waals surface area contributed by atoms with Crippen LogP contribution in [0.4, 0.5) is 4.39 Å². The van der Waals surface area contributed by atoms with Gasteiger partial charge in [-0.25, -0.2) is 9.37 Å². The molecule has 0 bridgehead atoms. The molecule has 0 atom stereocenters. The van der Waals surface area contributed by atoms with Crippen molar-refractivity contribution in [2.75, 3.05) is 0 Å². The van der Waals surface area contributed by atoms with Crippen LogP contribution in [0, 0.1) is 26.6 Å². The molecule has 5 heteroatoms. The molecule has 0 radical (unpaired) electrons. The Balaban J connectivity index is 2.59. The first-order valence-electron chi connectivity index (χ1n) is 6.22. The maximum atomic E-state index is 14.2. The number of hydrogen-bond acceptors (Lipinski definition) is 3. The van der Waals surface area contributed by atoms with E-state index >= 15 is 0 Å². The molecule has 0 saturated carbocycles. The third kappa shape index (κ3) is 1.66. The van der Waals surface area contributed by atoms with E-state index in [1.165, 1.54) is 10.8 Å². The number of hydrogen-bond donors (Lipinski definition) is 0. The normalized spacial score (nSPS) is 11.2. The van der Waals surface area contributed by atoms with Crippen LogP contribution >= 0.6 is 0 Å². The first-order valence-corrected chi connectivity index (χ1v) is 6.22. The van der Waals surface area contributed by atoms with Crippen LogP contribution < -0.4 is 4.84 Å². The van der Waals surface area contributed by atoms with E-state index in [1.807, 2.05) is 19.9 Å². The molecule has 0 N–H and O–H groups in total. The van der Waals surface area contributed by atoms with E-state index in [4.69, 9.17) is 4.84 Å². The van der Waals surface area contributed by atoms with Crippen molar-refractivity contribution in [3.63, 3.8) is 0 Å². The van der Waals surface area contributed by atoms with E-state index in [-0.39, 0.29) is 5.82 Å². The van der Waals surface area contributed by atoms with Crippen molar-refractivity contribution in [3.05, 3.63) is 41.0 Å². The Morgan fingerprint density at radius 2 is 2.00 bits per heavy atom. The summed E-state index contributed by atoms with van der Waals surface area (Å²) in [7, 11) is 0. The molecule has 0 aliphatic carbocycles. The fourth-order valence-corrected chi connectivity index (χ4v) is 2.69. The van der Waals surface area contributed by atoms with Gasteiger partial charge in [0.25, 0.3) is 0 Å². The average Bonchev–Trinajstić information content (AvgIpc) is 2.66. The summed E-state index contributed by atoms with van der Waals surface area (Å²) in [5.41, 5.74) is 3.32. The topological polar surface area (TPSA) is 44.1 Å². The summed E-state index contributed by atoms with van der Waals surface area (Å²) < 4.78 is 15.6. The molecule has 3 aromatic rings. The number of fused-ring (bicyclic) bond motifs is 3. The lowest BCUT2D eigenvalue weighted by Crippen LogP contribution is -2.10. The highest BCUT2D eigenvalue weighted by atomic mass is 19.1. The molecule has 0 saturated heterocycles. The first kappa shape index (κ1) is 12.6. The van der Waals surface area contributed by atoms with Crippen molar-refractivity contribution in [1.82, 2.24) is 9.71 Å². The molecule has 0 aliphatic rings. The molecule has 3 rings (SSSR count). The largest absolute Gasteiger partial charge is 0.340 e. The predicted molar refractivity (Wildman–Crippen MR) is 74.1 cm³/mol. The minimum atomic E-state index is -0.373. The van der Waals surface area contributed by atoms with Crippen LogP contribution in [0.1, 0.15) is 17.0 Å². The zero-order valence-corrected chi connectivity index (χ0v) is 11.4. The number of aromatic nitrogens is 2. The van der Waals surface area contributed by atoms with E-state index in [1.54, 1.807) is 13.0 Å². The monoisotopic (exact) mass is 272 g/mol. The van der Waals surface area contributed by atoms with Crippen LogP contribution in [0.25, 0.3) is 21.8 Å². The number of nitrogens with zero attached hydrogens (tertiary/aromatic N) is 2. The van der Waals surface area contributed by atoms with Crippen molar-refractivity contribution in [1.29, 1.82) is 0 Å². The second kappa shape index (κ2) is 4.30. The fraction of sp³-hybridized carbons (Fsp3) is 0.200. The van der Waals surface area contributed by atoms with Gasteiger partial charge in [0, 0.05) is 16.5 Å². The van der Waals surface area contributed by atoms with Gasteiger partial charge in [-0.1, -0.05) is 0 Å². The van der Waals surface area contributed by atoms with Gasteiger partial charge in [-0.05, 0) is 44.5 Å². The summed E-state index contributed by atoms with van der Waals surface area (Å²) in [5, 5.41) is 1.35. The zero-order chi connectivity index (χ0) is 14.4. The summed E-state index contributed by atoms with van der Waals surface area (Å²) in [4.78, 5) is 20.0. The smallest absolute Gasteiger partial charge is 0.321 e. The molecular formula is C15H13FN2O2. The van der Waals surface area contributed by atoms with E-state index in [9.17, 15) is 9.18 Å². The Kier molecular flexibility index (Phi) is 2.71. The van der Waals surface area contributed by atoms with Gasteiger partial charge in [0.05, 0.1) is 11.2 Å². The molecule has 0 unspecified atom stereocenters. The van der Waals surface area contributed by atoms with Crippen molar-refractivity contribution in [3.8, 4) is 0 Å². The third-order valence-corrected chi connectivity index (χ3v) is 3.40. The molecule has 0 aliphatic heterocycles. The van der Waals surface area contributed by atoms with E-state index in [2.05, 4.69) is 4.98 Å². The lowest BCUT2D eigenvalue weighted by Gasteiger charge is -2.10. The Morgan fingerprint density at radius 3 is 2.70 bits per heavy atom. The SMILES string of the molecule is Cc1cc(C)c2c(n1)c(F)cc1cc(C)n(OC=O)c12. The van der Waals surface area contributed by atoms with Gasteiger partial charge in [-0.15, -0.1) is 0 Å². The summed E-state index contributed by atoms with van der Waals surface area (Å²) in [6, 6.07) is 5.08. The number of carbonyl (C=O) groups is 1. The van der Waals surface area contributed by atoms with E-state index in [0.29, 0.717) is 28.3 Å². The summed E-state index contributed by atoms with van der Waals surface area (Å²) in [6.07, 6.45) is 0. The van der Waals surface area contributed by atoms with Crippen molar-refractivity contribution < 1.29 is 14.0 Å². The van der Waals surface area contributed by atoms with Crippen molar-refractivity contribution in [2.45, 2.75) is 20.8 Å². The summed E-state index contributed by atoms with van der Waals surface area (Å²) >= 11 is 0. The number of carbonyl (C=O) groups excluding carboxylic acids is 1. The highest BCUT2D eigenvalue weighted by Crippen LogP contribution is 2.31. The maximum absolute atomic E-state index is 14.2. The third-order valence-electron chi connectivity index (χ3n) is 3.40. The van der Waals surface area contributed by atoms with Crippen molar-refractivity contribution >= 4 is 28.3 Å². The van der Waals surface area contributed by atoms with Gasteiger partial charge in [0.15, 0.2) is 0 Å². The number of rotatable bonds is 2. The standard InChI is InChI=1S/C15H13FN2O2/c1-8-4-9(2)17-14-12(16)6-11-5-10(3)18(20-7-19)15(11)13(8)14/h4-7H,1-3H3. The molecule has 0 fully saturated rings. The second-order valence-corrected chi connectivity index (χ2v) is 4.88. The first-order chi connectivity index (χ1) is 9.52. The zero-order valence-electron chi connectivity index (χ0n) is 11.4. The Morgan fingerprint density at radius 1 is 1.25 bits per heavy atom. The van der Waals surface area contributed by atoms with E-state index < -0.39 is 0 Å². The van der Waals surface area contributed by atoms with Gasteiger partial charge in [0.1, 0.15) is 11.3 Å². The number of pyridine rings is 1. The lowest BCUT2D eigenvalue weighted by atomic mass is 10.1. The molecule has 102 valence electrons. The van der Waals surface area contributed by atoms with Crippen LogP contribution in [-0.2, 0) is 4.79 Å². The maximum Gasteiger partial charge on any atom is 0.321 e. The van der Waals surface area contributed by atoms with Crippen LogP contribution in [0.3, 0.4) is 0 Å². The fourth-order valence-electron chi connectivity index (χ4n) is 2.69. The number of aryl methyl sites for hydroxylation is 3. The van der Waals surface area contributed by atoms with Gasteiger partial charge in [-0.3, -0.25) is 4.79 Å². The van der Waals surface area contributed by atoms with Gasteiger partial charge in [-0.2, -0.15) is 4.73 Å².